The molecule has 0 aliphatic carbocycles. The molecule has 5 nitrogen and oxygen atoms in total. The maximum atomic E-state index is 12.5. The second-order valence-corrected chi connectivity index (χ2v) is 5.35. The van der Waals surface area contributed by atoms with E-state index >= 15 is 0 Å². The second-order valence-electron chi connectivity index (χ2n) is 5.35. The van der Waals surface area contributed by atoms with Crippen molar-refractivity contribution in [2.24, 2.45) is 0 Å². The van der Waals surface area contributed by atoms with Crippen LogP contribution in [0.5, 0.6) is 0 Å². The molecule has 0 atom stereocenters. The zero-order valence-electron chi connectivity index (χ0n) is 12.8. The molecule has 1 amide bonds. The zero-order chi connectivity index (χ0) is 16.4. The summed E-state index contributed by atoms with van der Waals surface area (Å²) in [5, 5.41) is 2.90. The maximum Gasteiger partial charge on any atom is 0.255 e. The molecule has 116 valence electrons. The number of benzene rings is 2. The molecule has 5 heteroatoms. The number of anilines is 1. The van der Waals surface area contributed by atoms with E-state index in [4.69, 9.17) is 0 Å². The van der Waals surface area contributed by atoms with Crippen LogP contribution in [0.4, 0.5) is 5.69 Å². The van der Waals surface area contributed by atoms with E-state index in [0.717, 1.165) is 22.6 Å². The molecule has 0 saturated carbocycles. The number of carbonyl (C=O) groups is 1. The topological polar surface area (TPSA) is 59.3 Å². The molecule has 0 unspecified atom stereocenters. The molecule has 0 radical (unpaired) electrons. The molecule has 0 saturated heterocycles. The van der Waals surface area contributed by atoms with Crippen LogP contribution in [0.15, 0.2) is 79.4 Å². The van der Waals surface area contributed by atoms with Crippen molar-refractivity contribution >= 4 is 17.2 Å². The van der Waals surface area contributed by atoms with Gasteiger partial charge in [0.15, 0.2) is 5.65 Å². The Morgan fingerprint density at radius 2 is 1.88 bits per heavy atom. The van der Waals surface area contributed by atoms with Crippen LogP contribution in [0.25, 0.3) is 16.9 Å². The lowest BCUT2D eigenvalue weighted by Crippen LogP contribution is -2.11. The van der Waals surface area contributed by atoms with E-state index in [1.165, 1.54) is 0 Å². The highest BCUT2D eigenvalue weighted by Gasteiger charge is 2.10. The highest BCUT2D eigenvalue weighted by Crippen LogP contribution is 2.22. The minimum Gasteiger partial charge on any atom is -0.322 e. The van der Waals surface area contributed by atoms with Crippen LogP contribution in [0.1, 0.15) is 10.4 Å². The predicted octanol–water partition coefficient (Wildman–Crippen LogP) is 3.65. The lowest BCUT2D eigenvalue weighted by Gasteiger charge is -2.07. The number of fused-ring (bicyclic) bond motifs is 1. The first-order valence-corrected chi connectivity index (χ1v) is 7.55. The van der Waals surface area contributed by atoms with Crippen molar-refractivity contribution in [2.45, 2.75) is 0 Å². The Labute approximate surface area is 138 Å². The van der Waals surface area contributed by atoms with Gasteiger partial charge in [0.25, 0.3) is 5.91 Å². The molecular weight excluding hydrogens is 300 g/mol. The van der Waals surface area contributed by atoms with Crippen molar-refractivity contribution in [1.82, 2.24) is 14.4 Å². The lowest BCUT2D eigenvalue weighted by atomic mass is 10.1. The molecule has 0 spiro atoms. The molecule has 4 aromatic rings. The van der Waals surface area contributed by atoms with Crippen molar-refractivity contribution in [3.05, 3.63) is 84.9 Å². The van der Waals surface area contributed by atoms with Gasteiger partial charge < -0.3 is 5.32 Å². The number of imidazole rings is 1. The summed E-state index contributed by atoms with van der Waals surface area (Å²) in [7, 11) is 0. The predicted molar refractivity (Wildman–Crippen MR) is 92.8 cm³/mol. The van der Waals surface area contributed by atoms with Gasteiger partial charge in [-0.1, -0.05) is 30.3 Å². The lowest BCUT2D eigenvalue weighted by molar-refractivity contribution is 0.102. The Hall–Kier alpha value is -3.47. The van der Waals surface area contributed by atoms with E-state index in [0.29, 0.717) is 5.56 Å². The molecule has 0 fully saturated rings. The Kier molecular flexibility index (Phi) is 3.51. The van der Waals surface area contributed by atoms with Crippen molar-refractivity contribution in [2.75, 3.05) is 5.32 Å². The molecular formula is C19H14N4O. The van der Waals surface area contributed by atoms with Gasteiger partial charge in [-0.25, -0.2) is 4.98 Å². The number of para-hydroxylation sites is 1. The average Bonchev–Trinajstić information content (AvgIpc) is 3.07. The number of hydrogen-bond donors (Lipinski definition) is 1. The summed E-state index contributed by atoms with van der Waals surface area (Å²) >= 11 is 0. The Bertz CT molecular complexity index is 1010. The summed E-state index contributed by atoms with van der Waals surface area (Å²) in [6.45, 7) is 0. The molecule has 0 aliphatic rings. The minimum atomic E-state index is -0.140. The van der Waals surface area contributed by atoms with Crippen LogP contribution < -0.4 is 5.32 Å². The van der Waals surface area contributed by atoms with Gasteiger partial charge in [0.05, 0.1) is 18.1 Å². The van der Waals surface area contributed by atoms with Crippen molar-refractivity contribution in [3.63, 3.8) is 0 Å². The summed E-state index contributed by atoms with van der Waals surface area (Å²) in [5.74, 6) is -0.140. The Morgan fingerprint density at radius 3 is 2.75 bits per heavy atom. The van der Waals surface area contributed by atoms with Gasteiger partial charge in [-0.3, -0.25) is 14.2 Å². The smallest absolute Gasteiger partial charge is 0.255 e. The van der Waals surface area contributed by atoms with E-state index in [-0.39, 0.29) is 5.91 Å². The van der Waals surface area contributed by atoms with Crippen LogP contribution in [0, 0.1) is 0 Å². The first kappa shape index (κ1) is 14.1. The maximum absolute atomic E-state index is 12.5. The van der Waals surface area contributed by atoms with Crippen molar-refractivity contribution in [1.29, 1.82) is 0 Å². The van der Waals surface area contributed by atoms with Crippen molar-refractivity contribution < 1.29 is 4.79 Å². The summed E-state index contributed by atoms with van der Waals surface area (Å²) in [4.78, 5) is 20.9. The minimum absolute atomic E-state index is 0.140. The standard InChI is InChI=1S/C19H14N4O/c24-19(22-16-7-2-1-3-8-16)15-6-4-5-14(11-15)17-12-21-18-13-20-9-10-23(17)18/h1-13H,(H,22,24). The third-order valence-corrected chi connectivity index (χ3v) is 3.77. The summed E-state index contributed by atoms with van der Waals surface area (Å²) in [6, 6.07) is 16.9. The quantitative estimate of drug-likeness (QED) is 0.628. The molecule has 2 aromatic heterocycles. The van der Waals surface area contributed by atoms with Gasteiger partial charge in [-0.05, 0) is 24.3 Å². The fourth-order valence-electron chi connectivity index (χ4n) is 2.60. The van der Waals surface area contributed by atoms with E-state index in [9.17, 15) is 4.79 Å². The van der Waals surface area contributed by atoms with Crippen LogP contribution >= 0.6 is 0 Å². The van der Waals surface area contributed by atoms with Gasteiger partial charge in [0.1, 0.15) is 0 Å². The SMILES string of the molecule is O=C(Nc1ccccc1)c1cccc(-c2cnc3cnccn23)c1. The molecule has 2 heterocycles. The summed E-state index contributed by atoms with van der Waals surface area (Å²) in [6.07, 6.45) is 7.05. The largest absolute Gasteiger partial charge is 0.322 e. The normalized spacial score (nSPS) is 10.7. The molecule has 0 bridgehead atoms. The number of rotatable bonds is 3. The highest BCUT2D eigenvalue weighted by molar-refractivity contribution is 6.04. The summed E-state index contributed by atoms with van der Waals surface area (Å²) in [5.41, 5.74) is 3.98. The molecule has 24 heavy (non-hydrogen) atoms. The van der Waals surface area contributed by atoms with E-state index in [1.807, 2.05) is 59.1 Å². The Balaban J connectivity index is 1.68. The monoisotopic (exact) mass is 314 g/mol. The highest BCUT2D eigenvalue weighted by atomic mass is 16.1. The number of amides is 1. The van der Waals surface area contributed by atoms with Crippen LogP contribution in [0.2, 0.25) is 0 Å². The molecule has 2 aromatic carbocycles. The molecule has 4 rings (SSSR count). The third-order valence-electron chi connectivity index (χ3n) is 3.77. The average molecular weight is 314 g/mol. The van der Waals surface area contributed by atoms with E-state index in [1.54, 1.807) is 24.7 Å². The fraction of sp³-hybridized carbons (Fsp3) is 0. The van der Waals surface area contributed by atoms with Crippen LogP contribution in [-0.4, -0.2) is 20.3 Å². The van der Waals surface area contributed by atoms with Gasteiger partial charge in [-0.15, -0.1) is 0 Å². The van der Waals surface area contributed by atoms with Gasteiger partial charge >= 0.3 is 0 Å². The number of carbonyl (C=O) groups excluding carboxylic acids is 1. The fourth-order valence-corrected chi connectivity index (χ4v) is 2.60. The second kappa shape index (κ2) is 5.96. The van der Waals surface area contributed by atoms with Crippen molar-refractivity contribution in [3.8, 4) is 11.3 Å². The van der Waals surface area contributed by atoms with Gasteiger partial charge in [0.2, 0.25) is 0 Å². The molecule has 1 N–H and O–H groups in total. The van der Waals surface area contributed by atoms with Gasteiger partial charge in [0, 0.05) is 29.2 Å². The number of nitrogens with zero attached hydrogens (tertiary/aromatic N) is 3. The number of nitrogens with one attached hydrogen (secondary N) is 1. The third kappa shape index (κ3) is 2.63. The zero-order valence-corrected chi connectivity index (χ0v) is 12.8. The number of aromatic nitrogens is 3. The van der Waals surface area contributed by atoms with E-state index < -0.39 is 0 Å². The molecule has 0 aliphatic heterocycles. The first-order valence-electron chi connectivity index (χ1n) is 7.55. The first-order chi connectivity index (χ1) is 11.8. The van der Waals surface area contributed by atoms with Crippen LogP contribution in [0.3, 0.4) is 0 Å². The van der Waals surface area contributed by atoms with Gasteiger partial charge in [-0.2, -0.15) is 0 Å². The summed E-state index contributed by atoms with van der Waals surface area (Å²) < 4.78 is 1.95. The number of hydrogen-bond acceptors (Lipinski definition) is 3. The Morgan fingerprint density at radius 1 is 1.00 bits per heavy atom. The van der Waals surface area contributed by atoms with Crippen LogP contribution in [-0.2, 0) is 0 Å². The van der Waals surface area contributed by atoms with E-state index in [2.05, 4.69) is 15.3 Å².